The maximum Gasteiger partial charge on any atom is 0.170 e. The molecule has 0 unspecified atom stereocenters. The van der Waals surface area contributed by atoms with Crippen LogP contribution in [0.2, 0.25) is 0 Å². The topological polar surface area (TPSA) is 46.2 Å². The van der Waals surface area contributed by atoms with E-state index in [2.05, 4.69) is 15.9 Å². The van der Waals surface area contributed by atoms with Crippen molar-refractivity contribution in [3.05, 3.63) is 28.0 Å². The first-order valence-electron chi connectivity index (χ1n) is 3.02. The van der Waals surface area contributed by atoms with Crippen molar-refractivity contribution in [2.75, 3.05) is 0 Å². The number of phenolic OH excluding ortho intramolecular Hbond substituents is 1. The van der Waals surface area contributed by atoms with Crippen molar-refractivity contribution in [3.63, 3.8) is 0 Å². The fourth-order valence-electron chi connectivity index (χ4n) is 0.772. The van der Waals surface area contributed by atoms with Crippen LogP contribution in [0.15, 0.2) is 16.6 Å². The molecule has 0 atom stereocenters. The molecule has 0 amide bonds. The molecule has 1 aromatic carbocycles. The van der Waals surface area contributed by atoms with E-state index in [0.29, 0.717) is 10.0 Å². The molecule has 0 aliphatic carbocycles. The van der Waals surface area contributed by atoms with Gasteiger partial charge in [-0.25, -0.2) is 4.39 Å². The minimum Gasteiger partial charge on any atom is -0.505 e. The quantitative estimate of drug-likeness (QED) is 0.757. The molecule has 11 heavy (non-hydrogen) atoms. The highest BCUT2D eigenvalue weighted by molar-refractivity contribution is 9.10. The van der Waals surface area contributed by atoms with Gasteiger partial charge in [0, 0.05) is 16.6 Å². The second kappa shape index (κ2) is 3.19. The molecule has 0 heterocycles. The average molecular weight is 220 g/mol. The van der Waals surface area contributed by atoms with Gasteiger partial charge in [-0.1, -0.05) is 15.9 Å². The predicted octanol–water partition coefficient (Wildman–Crippen LogP) is 1.75. The molecule has 0 radical (unpaired) electrons. The summed E-state index contributed by atoms with van der Waals surface area (Å²) in [6.07, 6.45) is 0. The summed E-state index contributed by atoms with van der Waals surface area (Å²) < 4.78 is 13.5. The minimum atomic E-state index is -0.651. The van der Waals surface area contributed by atoms with Gasteiger partial charge in [-0.3, -0.25) is 0 Å². The molecule has 0 fully saturated rings. The molecule has 2 nitrogen and oxygen atoms in total. The van der Waals surface area contributed by atoms with Gasteiger partial charge in [0.2, 0.25) is 0 Å². The van der Waals surface area contributed by atoms with Crippen LogP contribution in [0.5, 0.6) is 5.75 Å². The number of benzene rings is 1. The van der Waals surface area contributed by atoms with E-state index >= 15 is 0 Å². The third-order valence-electron chi connectivity index (χ3n) is 1.37. The van der Waals surface area contributed by atoms with Gasteiger partial charge in [0.15, 0.2) is 11.6 Å². The lowest BCUT2D eigenvalue weighted by molar-refractivity contribution is 0.428. The number of nitrogens with two attached hydrogens (primary N) is 1. The zero-order chi connectivity index (χ0) is 8.43. The number of hydrogen-bond donors (Lipinski definition) is 2. The zero-order valence-electron chi connectivity index (χ0n) is 5.64. The summed E-state index contributed by atoms with van der Waals surface area (Å²) in [5.41, 5.74) is 5.54. The molecule has 0 aromatic heterocycles. The van der Waals surface area contributed by atoms with Crippen LogP contribution in [-0.2, 0) is 6.54 Å². The lowest BCUT2D eigenvalue weighted by Gasteiger charge is -2.03. The van der Waals surface area contributed by atoms with E-state index in [9.17, 15) is 4.39 Å². The second-order valence-corrected chi connectivity index (χ2v) is 2.92. The van der Waals surface area contributed by atoms with Gasteiger partial charge in [-0.15, -0.1) is 0 Å². The summed E-state index contributed by atoms with van der Waals surface area (Å²) in [5.74, 6) is -1.02. The number of halogens is 2. The average Bonchev–Trinajstić information content (AvgIpc) is 1.99. The Morgan fingerprint density at radius 1 is 1.55 bits per heavy atom. The largest absolute Gasteiger partial charge is 0.505 e. The molecule has 0 saturated carbocycles. The lowest BCUT2D eigenvalue weighted by atomic mass is 10.2. The van der Waals surface area contributed by atoms with Crippen LogP contribution in [0.25, 0.3) is 0 Å². The minimum absolute atomic E-state index is 0.0703. The molecule has 0 saturated heterocycles. The van der Waals surface area contributed by atoms with E-state index in [4.69, 9.17) is 10.8 Å². The Balaban J connectivity index is 3.29. The van der Waals surface area contributed by atoms with Crippen LogP contribution in [0.3, 0.4) is 0 Å². The van der Waals surface area contributed by atoms with E-state index in [-0.39, 0.29) is 12.3 Å². The monoisotopic (exact) mass is 219 g/mol. The smallest absolute Gasteiger partial charge is 0.170 e. The summed E-state index contributed by atoms with van der Waals surface area (Å²) in [6.45, 7) is 0.0703. The predicted molar refractivity (Wildman–Crippen MR) is 43.7 cm³/mol. The van der Waals surface area contributed by atoms with Crippen molar-refractivity contribution in [1.29, 1.82) is 0 Å². The number of aromatic hydroxyl groups is 1. The van der Waals surface area contributed by atoms with Crippen molar-refractivity contribution in [1.82, 2.24) is 0 Å². The normalized spacial score (nSPS) is 10.1. The third kappa shape index (κ3) is 1.52. The summed E-state index contributed by atoms with van der Waals surface area (Å²) in [6, 6.07) is 2.83. The zero-order valence-corrected chi connectivity index (χ0v) is 7.23. The van der Waals surface area contributed by atoms with Crippen molar-refractivity contribution in [2.45, 2.75) is 6.54 Å². The summed E-state index contributed by atoms with van der Waals surface area (Å²) >= 11 is 3.11. The fourth-order valence-corrected chi connectivity index (χ4v) is 1.24. The van der Waals surface area contributed by atoms with Gasteiger partial charge in [0.1, 0.15) is 0 Å². The maximum atomic E-state index is 12.9. The Kier molecular flexibility index (Phi) is 2.46. The molecule has 0 aliphatic rings. The van der Waals surface area contributed by atoms with E-state index in [1.807, 2.05) is 0 Å². The Hall–Kier alpha value is -0.610. The Morgan fingerprint density at radius 3 is 2.64 bits per heavy atom. The van der Waals surface area contributed by atoms with E-state index in [1.54, 1.807) is 6.07 Å². The Morgan fingerprint density at radius 2 is 2.18 bits per heavy atom. The van der Waals surface area contributed by atoms with E-state index in [0.717, 1.165) is 0 Å². The molecule has 0 bridgehead atoms. The van der Waals surface area contributed by atoms with Crippen LogP contribution in [0.4, 0.5) is 4.39 Å². The molecule has 0 aliphatic heterocycles. The molecule has 0 spiro atoms. The van der Waals surface area contributed by atoms with Crippen LogP contribution < -0.4 is 5.73 Å². The first kappa shape index (κ1) is 8.49. The molecule has 1 rings (SSSR count). The highest BCUT2D eigenvalue weighted by Crippen LogP contribution is 2.25. The number of phenols is 1. The van der Waals surface area contributed by atoms with Crippen molar-refractivity contribution < 1.29 is 9.50 Å². The molecular formula is C7H7BrFNO. The lowest BCUT2D eigenvalue weighted by Crippen LogP contribution is -2.00. The van der Waals surface area contributed by atoms with Gasteiger partial charge in [0.05, 0.1) is 0 Å². The van der Waals surface area contributed by atoms with E-state index in [1.165, 1.54) is 6.07 Å². The van der Waals surface area contributed by atoms with Crippen LogP contribution in [0.1, 0.15) is 5.56 Å². The summed E-state index contributed by atoms with van der Waals surface area (Å²) in [5, 5.41) is 8.90. The molecule has 3 N–H and O–H groups in total. The first-order chi connectivity index (χ1) is 5.16. The van der Waals surface area contributed by atoms with Gasteiger partial charge in [0.25, 0.3) is 0 Å². The Bertz CT molecular complexity index is 277. The van der Waals surface area contributed by atoms with Crippen molar-refractivity contribution in [2.24, 2.45) is 5.73 Å². The third-order valence-corrected chi connectivity index (χ3v) is 2.11. The molecule has 1 aromatic rings. The van der Waals surface area contributed by atoms with E-state index < -0.39 is 5.82 Å². The fraction of sp³-hybridized carbons (Fsp3) is 0.143. The van der Waals surface area contributed by atoms with Gasteiger partial charge in [-0.2, -0.15) is 0 Å². The maximum absolute atomic E-state index is 12.9. The molecule has 60 valence electrons. The highest BCUT2D eigenvalue weighted by atomic mass is 79.9. The van der Waals surface area contributed by atoms with Crippen molar-refractivity contribution >= 4 is 15.9 Å². The van der Waals surface area contributed by atoms with Crippen LogP contribution >= 0.6 is 15.9 Å². The number of hydrogen-bond acceptors (Lipinski definition) is 2. The van der Waals surface area contributed by atoms with Gasteiger partial charge < -0.3 is 10.8 Å². The van der Waals surface area contributed by atoms with Gasteiger partial charge >= 0.3 is 0 Å². The van der Waals surface area contributed by atoms with Gasteiger partial charge in [-0.05, 0) is 12.1 Å². The molecular weight excluding hydrogens is 213 g/mol. The first-order valence-corrected chi connectivity index (χ1v) is 3.82. The summed E-state index contributed by atoms with van der Waals surface area (Å²) in [4.78, 5) is 0. The van der Waals surface area contributed by atoms with Crippen LogP contribution in [-0.4, -0.2) is 5.11 Å². The highest BCUT2D eigenvalue weighted by Gasteiger charge is 2.08. The SMILES string of the molecule is NCc1c(Br)ccc(O)c1F. The van der Waals surface area contributed by atoms with Crippen LogP contribution in [0, 0.1) is 5.82 Å². The Labute approximate surface area is 72.0 Å². The second-order valence-electron chi connectivity index (χ2n) is 2.06. The summed E-state index contributed by atoms with van der Waals surface area (Å²) in [7, 11) is 0. The molecule has 4 heteroatoms. The standard InChI is InChI=1S/C7H7BrFNO/c8-5-1-2-6(11)7(9)4(5)3-10/h1-2,11H,3,10H2. The van der Waals surface area contributed by atoms with Crippen molar-refractivity contribution in [3.8, 4) is 5.75 Å². The number of rotatable bonds is 1.